The van der Waals surface area contributed by atoms with Crippen LogP contribution in [0.4, 0.5) is 0 Å². The van der Waals surface area contributed by atoms with Gasteiger partial charge in [-0.2, -0.15) is 23.5 Å². The maximum absolute atomic E-state index is 8.95. The Balaban J connectivity index is 1.92. The standard InChI is InChI=1S/C17H26OS2/c1-13(3-6-18)9-16-11-15(5-8-20-16)12-17-10-14(2)4-7-19-17/h3,10-11,16-18H,4-9,12H2,1-2H3/b13-3+. The van der Waals surface area contributed by atoms with Gasteiger partial charge in [0, 0.05) is 10.5 Å². The van der Waals surface area contributed by atoms with E-state index in [2.05, 4.69) is 49.5 Å². The van der Waals surface area contributed by atoms with Gasteiger partial charge >= 0.3 is 0 Å². The van der Waals surface area contributed by atoms with E-state index in [9.17, 15) is 0 Å². The normalized spacial score (nSPS) is 28.1. The number of rotatable bonds is 5. The molecule has 1 nitrogen and oxygen atoms in total. The first kappa shape index (κ1) is 16.3. The summed E-state index contributed by atoms with van der Waals surface area (Å²) >= 11 is 4.18. The van der Waals surface area contributed by atoms with Crippen molar-refractivity contribution < 1.29 is 5.11 Å². The van der Waals surface area contributed by atoms with E-state index in [4.69, 9.17) is 5.11 Å². The maximum Gasteiger partial charge on any atom is 0.0614 e. The largest absolute Gasteiger partial charge is 0.392 e. The molecule has 0 bridgehead atoms. The van der Waals surface area contributed by atoms with Crippen molar-refractivity contribution in [2.45, 2.75) is 50.0 Å². The van der Waals surface area contributed by atoms with Crippen LogP contribution in [-0.4, -0.2) is 33.7 Å². The van der Waals surface area contributed by atoms with Crippen molar-refractivity contribution in [1.82, 2.24) is 0 Å². The van der Waals surface area contributed by atoms with Crippen LogP contribution in [0.3, 0.4) is 0 Å². The zero-order valence-electron chi connectivity index (χ0n) is 12.6. The molecular formula is C17H26OS2. The highest BCUT2D eigenvalue weighted by molar-refractivity contribution is 8.00. The van der Waals surface area contributed by atoms with E-state index in [1.165, 1.54) is 36.3 Å². The van der Waals surface area contributed by atoms with E-state index in [-0.39, 0.29) is 6.61 Å². The molecule has 0 radical (unpaired) electrons. The fourth-order valence-electron chi connectivity index (χ4n) is 2.78. The second-order valence-electron chi connectivity index (χ2n) is 5.80. The molecule has 3 heteroatoms. The Kier molecular flexibility index (Phi) is 6.79. The molecule has 2 aliphatic heterocycles. The summed E-state index contributed by atoms with van der Waals surface area (Å²) in [5.74, 6) is 2.54. The molecule has 112 valence electrons. The summed E-state index contributed by atoms with van der Waals surface area (Å²) in [6.45, 7) is 4.56. The van der Waals surface area contributed by atoms with E-state index >= 15 is 0 Å². The third-order valence-corrected chi connectivity index (χ3v) is 6.24. The minimum absolute atomic E-state index is 0.169. The fourth-order valence-corrected chi connectivity index (χ4v) is 5.53. The van der Waals surface area contributed by atoms with Gasteiger partial charge in [0.05, 0.1) is 6.61 Å². The lowest BCUT2D eigenvalue weighted by Gasteiger charge is -2.25. The van der Waals surface area contributed by atoms with Crippen LogP contribution in [0.5, 0.6) is 0 Å². The van der Waals surface area contributed by atoms with Crippen molar-refractivity contribution in [3.63, 3.8) is 0 Å². The topological polar surface area (TPSA) is 20.2 Å². The summed E-state index contributed by atoms with van der Waals surface area (Å²) in [5, 5.41) is 10.3. The van der Waals surface area contributed by atoms with Crippen LogP contribution in [-0.2, 0) is 0 Å². The third kappa shape index (κ3) is 5.34. The van der Waals surface area contributed by atoms with E-state index in [0.717, 1.165) is 6.42 Å². The number of allylic oxidation sites excluding steroid dienone is 3. The van der Waals surface area contributed by atoms with Crippen molar-refractivity contribution >= 4 is 23.5 Å². The number of aliphatic hydroxyl groups excluding tert-OH is 1. The van der Waals surface area contributed by atoms with Gasteiger partial charge in [0.2, 0.25) is 0 Å². The number of thioether (sulfide) groups is 2. The average molecular weight is 311 g/mol. The van der Waals surface area contributed by atoms with Crippen molar-refractivity contribution in [1.29, 1.82) is 0 Å². The molecular weight excluding hydrogens is 284 g/mol. The van der Waals surface area contributed by atoms with Gasteiger partial charge in [-0.05, 0) is 51.0 Å². The van der Waals surface area contributed by atoms with Crippen LogP contribution < -0.4 is 0 Å². The van der Waals surface area contributed by atoms with Gasteiger partial charge in [0.15, 0.2) is 0 Å². The van der Waals surface area contributed by atoms with Crippen molar-refractivity contribution in [3.8, 4) is 0 Å². The average Bonchev–Trinajstić information content (AvgIpc) is 2.39. The number of hydrogen-bond acceptors (Lipinski definition) is 3. The molecule has 0 amide bonds. The lowest BCUT2D eigenvalue weighted by Crippen LogP contribution is -2.13. The molecule has 2 rings (SSSR count). The van der Waals surface area contributed by atoms with Gasteiger partial charge in [-0.1, -0.05) is 34.9 Å². The maximum atomic E-state index is 8.95. The van der Waals surface area contributed by atoms with Crippen LogP contribution >= 0.6 is 23.5 Å². The predicted molar refractivity (Wildman–Crippen MR) is 93.6 cm³/mol. The zero-order chi connectivity index (χ0) is 14.4. The summed E-state index contributed by atoms with van der Waals surface area (Å²) in [6.07, 6.45) is 11.8. The SMILES string of the molecule is CC1=CC(CC2=CC(C/C(C)=C/CO)SCC2)SCC1. The quantitative estimate of drug-likeness (QED) is 0.750. The highest BCUT2D eigenvalue weighted by atomic mass is 32.2. The van der Waals surface area contributed by atoms with Crippen LogP contribution in [0.2, 0.25) is 0 Å². The van der Waals surface area contributed by atoms with Gasteiger partial charge < -0.3 is 5.11 Å². The second kappa shape index (κ2) is 8.35. The third-order valence-electron chi connectivity index (χ3n) is 3.90. The van der Waals surface area contributed by atoms with E-state index in [1.54, 1.807) is 11.1 Å². The lowest BCUT2D eigenvalue weighted by molar-refractivity contribution is 0.341. The molecule has 0 saturated heterocycles. The van der Waals surface area contributed by atoms with Crippen molar-refractivity contribution in [2.75, 3.05) is 18.1 Å². The number of hydrogen-bond donors (Lipinski definition) is 1. The first-order valence-corrected chi connectivity index (χ1v) is 9.63. The summed E-state index contributed by atoms with van der Waals surface area (Å²) in [7, 11) is 0. The van der Waals surface area contributed by atoms with Crippen molar-refractivity contribution in [3.05, 3.63) is 34.9 Å². The minimum atomic E-state index is 0.169. The Labute approximate surface area is 132 Å². The molecule has 1 N–H and O–H groups in total. The Hall–Kier alpha value is -0.120. The monoisotopic (exact) mass is 310 g/mol. The first-order chi connectivity index (χ1) is 9.67. The van der Waals surface area contributed by atoms with Crippen LogP contribution in [0.25, 0.3) is 0 Å². The molecule has 2 aliphatic rings. The lowest BCUT2D eigenvalue weighted by atomic mass is 10.0. The molecule has 0 spiro atoms. The van der Waals surface area contributed by atoms with Crippen LogP contribution in [0.1, 0.15) is 39.5 Å². The second-order valence-corrected chi connectivity index (χ2v) is 8.49. The zero-order valence-corrected chi connectivity index (χ0v) is 14.2. The molecule has 0 aromatic carbocycles. The van der Waals surface area contributed by atoms with Crippen LogP contribution in [0, 0.1) is 0 Å². The first-order valence-electron chi connectivity index (χ1n) is 7.54. The Morgan fingerprint density at radius 3 is 2.75 bits per heavy atom. The van der Waals surface area contributed by atoms with E-state index in [0.29, 0.717) is 10.5 Å². The molecule has 0 aromatic rings. The van der Waals surface area contributed by atoms with Gasteiger partial charge in [-0.25, -0.2) is 0 Å². The summed E-state index contributed by atoms with van der Waals surface area (Å²) in [5.41, 5.74) is 4.53. The summed E-state index contributed by atoms with van der Waals surface area (Å²) in [4.78, 5) is 0. The summed E-state index contributed by atoms with van der Waals surface area (Å²) < 4.78 is 0. The predicted octanol–water partition coefficient (Wildman–Crippen LogP) is 4.59. The highest BCUT2D eigenvalue weighted by Crippen LogP contribution is 2.34. The van der Waals surface area contributed by atoms with Gasteiger partial charge in [-0.3, -0.25) is 0 Å². The molecule has 2 atom stereocenters. The molecule has 2 unspecified atom stereocenters. The Bertz CT molecular complexity index is 409. The molecule has 0 saturated carbocycles. The molecule has 0 aromatic heterocycles. The highest BCUT2D eigenvalue weighted by Gasteiger charge is 2.18. The van der Waals surface area contributed by atoms with E-state index < -0.39 is 0 Å². The summed E-state index contributed by atoms with van der Waals surface area (Å²) in [6, 6.07) is 0. The van der Waals surface area contributed by atoms with Gasteiger partial charge in [-0.15, -0.1) is 0 Å². The Morgan fingerprint density at radius 1 is 1.25 bits per heavy atom. The molecule has 2 heterocycles. The molecule has 20 heavy (non-hydrogen) atoms. The van der Waals surface area contributed by atoms with E-state index in [1.807, 2.05) is 6.08 Å². The molecule has 0 fully saturated rings. The smallest absolute Gasteiger partial charge is 0.0614 e. The molecule has 0 aliphatic carbocycles. The Morgan fingerprint density at radius 2 is 2.00 bits per heavy atom. The van der Waals surface area contributed by atoms with Crippen LogP contribution in [0.15, 0.2) is 34.9 Å². The van der Waals surface area contributed by atoms with Gasteiger partial charge in [0.25, 0.3) is 0 Å². The number of aliphatic hydroxyl groups is 1. The fraction of sp³-hybridized carbons (Fsp3) is 0.647. The minimum Gasteiger partial charge on any atom is -0.392 e. The van der Waals surface area contributed by atoms with Gasteiger partial charge in [0.1, 0.15) is 0 Å². The van der Waals surface area contributed by atoms with Crippen molar-refractivity contribution in [2.24, 2.45) is 0 Å².